The zero-order valence-corrected chi connectivity index (χ0v) is 13.4. The Morgan fingerprint density at radius 3 is 2.37 bits per heavy atom. The average Bonchev–Trinajstić information content (AvgIpc) is 2.96. The molecule has 2 fully saturated rings. The Morgan fingerprint density at radius 2 is 1.95 bits per heavy atom. The fraction of sp³-hybridized carbons (Fsp3) is 1.00. The second-order valence-electron chi connectivity index (χ2n) is 7.38. The lowest BCUT2D eigenvalue weighted by molar-refractivity contribution is 0.0446. The standard InChI is InChI=1S/C16H33N3/c1-13(2)10-19(15-7-5-6-8-15)16(11-17)9-14(3)18(4)12-16/h13-15H,5-12,17H2,1-4H3. The summed E-state index contributed by atoms with van der Waals surface area (Å²) >= 11 is 0. The van der Waals surface area contributed by atoms with E-state index in [1.807, 2.05) is 0 Å². The van der Waals surface area contributed by atoms with Gasteiger partial charge in [0, 0.05) is 37.3 Å². The number of hydrogen-bond acceptors (Lipinski definition) is 3. The van der Waals surface area contributed by atoms with Crippen molar-refractivity contribution in [3.63, 3.8) is 0 Å². The lowest BCUT2D eigenvalue weighted by Gasteiger charge is -2.45. The molecular formula is C16H33N3. The van der Waals surface area contributed by atoms with Crippen molar-refractivity contribution in [3.8, 4) is 0 Å². The molecule has 112 valence electrons. The van der Waals surface area contributed by atoms with Crippen LogP contribution in [-0.2, 0) is 0 Å². The predicted molar refractivity (Wildman–Crippen MR) is 82.3 cm³/mol. The number of nitrogens with zero attached hydrogens (tertiary/aromatic N) is 2. The van der Waals surface area contributed by atoms with Gasteiger partial charge in [-0.3, -0.25) is 4.90 Å². The predicted octanol–water partition coefficient (Wildman–Crippen LogP) is 2.31. The highest BCUT2D eigenvalue weighted by Gasteiger charge is 2.46. The monoisotopic (exact) mass is 267 g/mol. The summed E-state index contributed by atoms with van der Waals surface area (Å²) in [4.78, 5) is 5.31. The van der Waals surface area contributed by atoms with Crippen LogP contribution in [0, 0.1) is 5.92 Å². The summed E-state index contributed by atoms with van der Waals surface area (Å²) in [5, 5.41) is 0. The van der Waals surface area contributed by atoms with Crippen LogP contribution in [0.1, 0.15) is 52.9 Å². The molecule has 0 aromatic rings. The fourth-order valence-electron chi connectivity index (χ4n) is 4.20. The van der Waals surface area contributed by atoms with E-state index in [4.69, 9.17) is 5.73 Å². The molecule has 19 heavy (non-hydrogen) atoms. The summed E-state index contributed by atoms with van der Waals surface area (Å²) in [7, 11) is 2.25. The van der Waals surface area contributed by atoms with Gasteiger partial charge in [0.1, 0.15) is 0 Å². The third-order valence-corrected chi connectivity index (χ3v) is 5.29. The van der Waals surface area contributed by atoms with Crippen LogP contribution in [-0.4, -0.2) is 54.1 Å². The highest BCUT2D eigenvalue weighted by Crippen LogP contribution is 2.37. The molecule has 3 nitrogen and oxygen atoms in total. The fourth-order valence-corrected chi connectivity index (χ4v) is 4.20. The van der Waals surface area contributed by atoms with Crippen LogP contribution in [0.4, 0.5) is 0 Å². The van der Waals surface area contributed by atoms with Gasteiger partial charge in [-0.2, -0.15) is 0 Å². The van der Waals surface area contributed by atoms with Crippen LogP contribution >= 0.6 is 0 Å². The first kappa shape index (κ1) is 15.3. The van der Waals surface area contributed by atoms with Crippen LogP contribution in [0.5, 0.6) is 0 Å². The van der Waals surface area contributed by atoms with Crippen molar-refractivity contribution >= 4 is 0 Å². The molecule has 3 heteroatoms. The molecule has 0 spiro atoms. The number of hydrogen-bond donors (Lipinski definition) is 1. The van der Waals surface area contributed by atoms with E-state index in [2.05, 4.69) is 37.6 Å². The topological polar surface area (TPSA) is 32.5 Å². The number of rotatable bonds is 5. The van der Waals surface area contributed by atoms with Gasteiger partial charge in [0.05, 0.1) is 0 Å². The normalized spacial score (nSPS) is 33.9. The molecular weight excluding hydrogens is 234 g/mol. The van der Waals surface area contributed by atoms with Gasteiger partial charge in [-0.1, -0.05) is 26.7 Å². The minimum atomic E-state index is 0.230. The molecule has 1 aliphatic heterocycles. The molecule has 2 aliphatic rings. The summed E-state index contributed by atoms with van der Waals surface area (Å²) < 4.78 is 0. The number of nitrogens with two attached hydrogens (primary N) is 1. The van der Waals surface area contributed by atoms with Gasteiger partial charge < -0.3 is 10.6 Å². The van der Waals surface area contributed by atoms with Crippen molar-refractivity contribution in [2.24, 2.45) is 11.7 Å². The van der Waals surface area contributed by atoms with E-state index in [9.17, 15) is 0 Å². The van der Waals surface area contributed by atoms with Gasteiger partial charge in [-0.05, 0) is 39.2 Å². The first-order chi connectivity index (χ1) is 8.98. The molecule has 2 N–H and O–H groups in total. The lowest BCUT2D eigenvalue weighted by Crippen LogP contribution is -2.59. The summed E-state index contributed by atoms with van der Waals surface area (Å²) in [6, 6.07) is 1.45. The molecule has 2 rings (SSSR count). The summed E-state index contributed by atoms with van der Waals surface area (Å²) in [6.45, 7) is 10.2. The first-order valence-electron chi connectivity index (χ1n) is 8.15. The third-order valence-electron chi connectivity index (χ3n) is 5.29. The average molecular weight is 267 g/mol. The molecule has 2 unspecified atom stereocenters. The van der Waals surface area contributed by atoms with Crippen molar-refractivity contribution < 1.29 is 0 Å². The van der Waals surface area contributed by atoms with Gasteiger partial charge in [0.15, 0.2) is 0 Å². The molecule has 0 amide bonds. The molecule has 0 aromatic carbocycles. The molecule has 2 atom stereocenters. The van der Waals surface area contributed by atoms with Gasteiger partial charge in [-0.25, -0.2) is 0 Å². The second-order valence-corrected chi connectivity index (χ2v) is 7.38. The van der Waals surface area contributed by atoms with Gasteiger partial charge in [0.25, 0.3) is 0 Å². The summed E-state index contributed by atoms with van der Waals surface area (Å²) in [5.74, 6) is 0.727. The maximum atomic E-state index is 6.27. The van der Waals surface area contributed by atoms with Crippen LogP contribution in [0.25, 0.3) is 0 Å². The van der Waals surface area contributed by atoms with Crippen LogP contribution in [0.2, 0.25) is 0 Å². The minimum Gasteiger partial charge on any atom is -0.329 e. The lowest BCUT2D eigenvalue weighted by atomic mass is 9.90. The minimum absolute atomic E-state index is 0.230. The summed E-state index contributed by atoms with van der Waals surface area (Å²) in [5.41, 5.74) is 6.50. The Labute approximate surface area is 119 Å². The van der Waals surface area contributed by atoms with Gasteiger partial charge in [0.2, 0.25) is 0 Å². The smallest absolute Gasteiger partial charge is 0.0476 e. The number of likely N-dealkylation sites (N-methyl/N-ethyl adjacent to an activating group) is 1. The van der Waals surface area contributed by atoms with Gasteiger partial charge in [-0.15, -0.1) is 0 Å². The first-order valence-corrected chi connectivity index (χ1v) is 8.15. The van der Waals surface area contributed by atoms with Crippen molar-refractivity contribution in [1.82, 2.24) is 9.80 Å². The zero-order valence-electron chi connectivity index (χ0n) is 13.4. The van der Waals surface area contributed by atoms with E-state index in [-0.39, 0.29) is 5.54 Å². The van der Waals surface area contributed by atoms with Crippen molar-refractivity contribution in [2.45, 2.75) is 70.5 Å². The molecule has 1 heterocycles. The highest BCUT2D eigenvalue weighted by molar-refractivity contribution is 5.04. The maximum Gasteiger partial charge on any atom is 0.0476 e. The molecule has 1 aliphatic carbocycles. The Bertz CT molecular complexity index is 274. The maximum absolute atomic E-state index is 6.27. The Kier molecular flexibility index (Phi) is 4.91. The van der Waals surface area contributed by atoms with Gasteiger partial charge >= 0.3 is 0 Å². The van der Waals surface area contributed by atoms with Crippen LogP contribution in [0.15, 0.2) is 0 Å². The van der Waals surface area contributed by atoms with E-state index < -0.39 is 0 Å². The van der Waals surface area contributed by atoms with E-state index in [1.54, 1.807) is 0 Å². The molecule has 0 radical (unpaired) electrons. The Morgan fingerprint density at radius 1 is 1.32 bits per heavy atom. The van der Waals surface area contributed by atoms with Crippen molar-refractivity contribution in [1.29, 1.82) is 0 Å². The third kappa shape index (κ3) is 3.14. The number of likely N-dealkylation sites (tertiary alicyclic amines) is 1. The summed E-state index contributed by atoms with van der Waals surface area (Å²) in [6.07, 6.45) is 6.82. The van der Waals surface area contributed by atoms with E-state index >= 15 is 0 Å². The quantitative estimate of drug-likeness (QED) is 0.829. The van der Waals surface area contributed by atoms with E-state index in [0.29, 0.717) is 6.04 Å². The van der Waals surface area contributed by atoms with Crippen LogP contribution in [0.3, 0.4) is 0 Å². The molecule has 0 bridgehead atoms. The highest BCUT2D eigenvalue weighted by atomic mass is 15.3. The molecule has 0 aromatic heterocycles. The largest absolute Gasteiger partial charge is 0.329 e. The Hall–Kier alpha value is -0.120. The molecule has 1 saturated heterocycles. The SMILES string of the molecule is CC(C)CN(C1CCCC1)C1(CN)CC(C)N(C)C1. The molecule has 1 saturated carbocycles. The van der Waals surface area contributed by atoms with E-state index in [1.165, 1.54) is 38.6 Å². The van der Waals surface area contributed by atoms with Crippen LogP contribution < -0.4 is 5.73 Å². The zero-order chi connectivity index (χ0) is 14.0. The van der Waals surface area contributed by atoms with Crippen molar-refractivity contribution in [2.75, 3.05) is 26.7 Å². The second kappa shape index (κ2) is 6.11. The van der Waals surface area contributed by atoms with E-state index in [0.717, 1.165) is 25.0 Å². The van der Waals surface area contributed by atoms with Crippen molar-refractivity contribution in [3.05, 3.63) is 0 Å². The Balaban J connectivity index is 2.19.